The van der Waals surface area contributed by atoms with Gasteiger partial charge in [-0.05, 0) is 105 Å². The van der Waals surface area contributed by atoms with Crippen LogP contribution in [0.25, 0.3) is 33.6 Å². The van der Waals surface area contributed by atoms with E-state index in [2.05, 4.69) is 74.8 Å². The molecule has 2 fully saturated rings. The van der Waals surface area contributed by atoms with E-state index < -0.39 is 24.3 Å². The molecule has 368 valence electrons. The molecule has 0 bridgehead atoms. The average Bonchev–Trinajstić information content (AvgIpc) is 4.03. The highest BCUT2D eigenvalue weighted by Gasteiger charge is 2.38. The highest BCUT2D eigenvalue weighted by molar-refractivity contribution is 5.87. The van der Waals surface area contributed by atoms with Crippen LogP contribution in [-0.4, -0.2) is 119 Å². The Morgan fingerprint density at radius 3 is 1.56 bits per heavy atom. The van der Waals surface area contributed by atoms with Gasteiger partial charge in [-0.15, -0.1) is 12.8 Å². The molecule has 1 aliphatic carbocycles. The first-order valence-corrected chi connectivity index (χ1v) is 24.2. The summed E-state index contributed by atoms with van der Waals surface area (Å²) in [5.74, 6) is 0.897. The van der Waals surface area contributed by atoms with E-state index in [1.165, 1.54) is 30.9 Å². The van der Waals surface area contributed by atoms with E-state index in [1.807, 2.05) is 47.7 Å². The summed E-state index contributed by atoms with van der Waals surface area (Å²) in [5.41, 5.74) is 8.73. The summed E-state index contributed by atoms with van der Waals surface area (Å²) >= 11 is 0. The minimum atomic E-state index is -0.724. The minimum absolute atomic E-state index is 0.000219. The number of rotatable bonds is 17. The maximum absolute atomic E-state index is 14.1. The van der Waals surface area contributed by atoms with Crippen molar-refractivity contribution in [1.29, 1.82) is 0 Å². The number of hydrogen-bond acceptors (Lipinski definition) is 10. The molecule has 68 heavy (non-hydrogen) atoms. The number of aromatic amines is 2. The Kier molecular flexibility index (Phi) is 20.0. The van der Waals surface area contributed by atoms with Crippen LogP contribution in [0.5, 0.6) is 0 Å². The number of carbonyl (C=O) groups is 4. The van der Waals surface area contributed by atoms with E-state index in [0.717, 1.165) is 53.8 Å². The van der Waals surface area contributed by atoms with Gasteiger partial charge in [0.15, 0.2) is 0 Å². The second kappa shape index (κ2) is 25.8. The van der Waals surface area contributed by atoms with E-state index in [-0.39, 0.29) is 48.9 Å². The van der Waals surface area contributed by atoms with Gasteiger partial charge in [0, 0.05) is 31.9 Å². The maximum Gasteiger partial charge on any atom is 0.407 e. The summed E-state index contributed by atoms with van der Waals surface area (Å²) in [6.45, 7) is 14.7. The average molecular weight is 937 g/mol. The molecule has 2 unspecified atom stereocenters. The number of nitrogens with zero attached hydrogens (tertiary/aromatic N) is 4. The number of amides is 4. The zero-order valence-corrected chi connectivity index (χ0v) is 41.2. The van der Waals surface area contributed by atoms with Crippen molar-refractivity contribution in [1.82, 2.24) is 40.4 Å². The number of aromatic nitrogens is 4. The van der Waals surface area contributed by atoms with Gasteiger partial charge in [0.05, 0.1) is 63.3 Å². The van der Waals surface area contributed by atoms with Gasteiger partial charge in [-0.3, -0.25) is 9.59 Å². The Balaban J connectivity index is 0.00000210. The van der Waals surface area contributed by atoms with E-state index in [9.17, 15) is 19.2 Å². The van der Waals surface area contributed by atoms with Crippen LogP contribution in [-0.2, 0) is 54.5 Å². The molecule has 16 nitrogen and oxygen atoms in total. The summed E-state index contributed by atoms with van der Waals surface area (Å²) in [7, 11) is 2.61. The van der Waals surface area contributed by atoms with Crippen molar-refractivity contribution in [2.75, 3.05) is 40.5 Å². The fourth-order valence-corrected chi connectivity index (χ4v) is 9.49. The number of carbonyl (C=O) groups excluding carboxylic acids is 4. The van der Waals surface area contributed by atoms with Gasteiger partial charge in [-0.2, -0.15) is 0 Å². The van der Waals surface area contributed by atoms with Crippen molar-refractivity contribution >= 4 is 24.0 Å². The van der Waals surface area contributed by atoms with Gasteiger partial charge in [0.25, 0.3) is 0 Å². The van der Waals surface area contributed by atoms with Crippen LogP contribution in [0.1, 0.15) is 103 Å². The standard InChI is InChI=1S/C48H64N8O8.C2H6.C2H2/c1-7-19-55(45(57)43(53-47(59)61-5)33-17-21-63-29(3)23-33)27-41-49-25-39(51-41)32-11-9-31(10-12-32)35-13-16-38(37-15-14-36(35)37)40-26-50-42(52-40)28-56(20-8-2)46(58)44(54-48(60)62-6)34-18-22-64-30(4)24-34;2*1-2/h9-13,16,25-26,29-30,33-34,43-44H,7-8,14-15,17-24,27-28H2,1-6H3,(H,49,51)(H,50,52)(H,53,59)(H,54,60);1-2H3;1-2H/t29-,30-,33?,34?,43+,44+;;/m1../s1. The normalized spacial score (nSPS) is 19.1. The Morgan fingerprint density at radius 2 is 1.12 bits per heavy atom. The van der Waals surface area contributed by atoms with Crippen LogP contribution >= 0.6 is 0 Å². The third-order valence-corrected chi connectivity index (χ3v) is 12.8. The van der Waals surface area contributed by atoms with Crippen molar-refractivity contribution < 1.29 is 38.1 Å². The van der Waals surface area contributed by atoms with Gasteiger partial charge in [0.1, 0.15) is 23.7 Å². The number of alkyl carbamates (subject to hydrolysis) is 2. The molecule has 2 saturated heterocycles. The van der Waals surface area contributed by atoms with E-state index in [4.69, 9.17) is 23.9 Å². The molecule has 2 aliphatic heterocycles. The van der Waals surface area contributed by atoms with Gasteiger partial charge >= 0.3 is 12.2 Å². The van der Waals surface area contributed by atoms with E-state index in [1.54, 1.807) is 16.0 Å². The molecule has 16 heteroatoms. The molecule has 6 atom stereocenters. The number of fused-ring (bicyclic) bond motifs is 1. The lowest BCUT2D eigenvalue weighted by atomic mass is 9.79. The number of nitrogens with one attached hydrogen (secondary N) is 4. The number of H-pyrrole nitrogens is 2. The molecule has 2 aromatic heterocycles. The highest BCUT2D eigenvalue weighted by atomic mass is 16.5. The molecule has 0 spiro atoms. The van der Waals surface area contributed by atoms with Crippen molar-refractivity contribution in [3.05, 3.63) is 71.6 Å². The third kappa shape index (κ3) is 13.1. The molecule has 4 aromatic rings. The second-order valence-corrected chi connectivity index (χ2v) is 17.4. The Labute approximate surface area is 402 Å². The molecule has 4 heterocycles. The number of hydrogen-bond donors (Lipinski definition) is 4. The Bertz CT molecular complexity index is 2290. The van der Waals surface area contributed by atoms with Crippen LogP contribution in [0.4, 0.5) is 9.59 Å². The number of methoxy groups -OCH3 is 2. The first kappa shape index (κ1) is 52.8. The van der Waals surface area contributed by atoms with Crippen LogP contribution in [0.15, 0.2) is 48.8 Å². The highest BCUT2D eigenvalue weighted by Crippen LogP contribution is 2.40. The topological polar surface area (TPSA) is 193 Å². The van der Waals surface area contributed by atoms with E-state index >= 15 is 0 Å². The van der Waals surface area contributed by atoms with Crippen LogP contribution < -0.4 is 10.6 Å². The molecular formula is C52H72N8O8. The quantitative estimate of drug-likeness (QED) is 0.0753. The largest absolute Gasteiger partial charge is 0.453 e. The molecule has 0 saturated carbocycles. The lowest BCUT2D eigenvalue weighted by molar-refractivity contribution is -0.137. The molecular weight excluding hydrogens is 865 g/mol. The van der Waals surface area contributed by atoms with Crippen LogP contribution in [0.2, 0.25) is 0 Å². The minimum Gasteiger partial charge on any atom is -0.453 e. The summed E-state index contributed by atoms with van der Waals surface area (Å²) in [4.78, 5) is 72.7. The predicted molar refractivity (Wildman–Crippen MR) is 262 cm³/mol. The van der Waals surface area contributed by atoms with Crippen molar-refractivity contribution in [3.63, 3.8) is 0 Å². The third-order valence-electron chi connectivity index (χ3n) is 12.8. The number of imidazole rings is 2. The second-order valence-electron chi connectivity index (χ2n) is 17.4. The number of benzene rings is 2. The fraction of sp³-hybridized carbons (Fsp3) is 0.538. The Morgan fingerprint density at radius 1 is 0.691 bits per heavy atom. The van der Waals surface area contributed by atoms with Gasteiger partial charge in [0.2, 0.25) is 11.8 Å². The maximum atomic E-state index is 14.1. The molecule has 2 aromatic carbocycles. The monoisotopic (exact) mass is 937 g/mol. The predicted octanol–water partition coefficient (Wildman–Crippen LogP) is 8.06. The summed E-state index contributed by atoms with van der Waals surface area (Å²) in [5, 5.41) is 5.64. The van der Waals surface area contributed by atoms with Gasteiger partial charge in [-0.25, -0.2) is 19.6 Å². The summed E-state index contributed by atoms with van der Waals surface area (Å²) in [6.07, 6.45) is 16.5. The Hall–Kier alpha value is -6.18. The molecule has 3 aliphatic rings. The van der Waals surface area contributed by atoms with Crippen molar-refractivity contribution in [2.45, 2.75) is 130 Å². The molecule has 4 amide bonds. The SMILES string of the molecule is C#C.CC.CCCN(Cc1ncc(-c2ccc(-c3ccc(-c4cnc(CN(CCC)C(=O)[C@@H](NC(=O)OC)C5CCO[C@H](C)C5)[nH]4)c4c3CC4)cc2)[nH]1)C(=O)[C@@H](NC(=O)OC)C1CCO[C@H](C)C1. The van der Waals surface area contributed by atoms with Crippen molar-refractivity contribution in [2.24, 2.45) is 11.8 Å². The molecule has 4 N–H and O–H groups in total. The zero-order valence-electron chi connectivity index (χ0n) is 41.2. The summed E-state index contributed by atoms with van der Waals surface area (Å²) < 4.78 is 21.3. The number of terminal acetylenes is 1. The summed E-state index contributed by atoms with van der Waals surface area (Å²) in [6, 6.07) is 11.3. The number of ether oxygens (including phenoxy) is 4. The van der Waals surface area contributed by atoms with E-state index in [0.29, 0.717) is 63.6 Å². The lowest BCUT2D eigenvalue weighted by Gasteiger charge is -2.35. The smallest absolute Gasteiger partial charge is 0.407 e. The van der Waals surface area contributed by atoms with Gasteiger partial charge < -0.3 is 49.3 Å². The van der Waals surface area contributed by atoms with Crippen LogP contribution in [0.3, 0.4) is 0 Å². The first-order valence-electron chi connectivity index (χ1n) is 24.2. The first-order chi connectivity index (χ1) is 33.0. The fourth-order valence-electron chi connectivity index (χ4n) is 9.49. The zero-order chi connectivity index (χ0) is 49.3. The van der Waals surface area contributed by atoms with Gasteiger partial charge in [-0.1, -0.05) is 64.1 Å². The molecule has 7 rings (SSSR count). The lowest BCUT2D eigenvalue weighted by Crippen LogP contribution is -2.53. The van der Waals surface area contributed by atoms with Crippen molar-refractivity contribution in [3.8, 4) is 46.5 Å². The molecule has 0 radical (unpaired) electrons. The van der Waals surface area contributed by atoms with Crippen LogP contribution in [0, 0.1) is 24.7 Å².